The maximum absolute atomic E-state index is 9.70. The van der Waals surface area contributed by atoms with Crippen LogP contribution in [0.3, 0.4) is 0 Å². The van der Waals surface area contributed by atoms with Crippen molar-refractivity contribution >= 4 is 11.6 Å². The Morgan fingerprint density at radius 3 is 2.62 bits per heavy atom. The van der Waals surface area contributed by atoms with E-state index in [1.807, 2.05) is 0 Å². The lowest BCUT2D eigenvalue weighted by Crippen LogP contribution is -1.89. The molecule has 0 aliphatic heterocycles. The molecule has 2 rings (SSSR count). The first kappa shape index (κ1) is 10.7. The van der Waals surface area contributed by atoms with Gasteiger partial charge in [-0.25, -0.2) is 0 Å². The van der Waals surface area contributed by atoms with Crippen molar-refractivity contribution < 1.29 is 9.84 Å². The number of rotatable bonds is 2. The standard InChI is InChI=1S/C11H9ClN2O2/c1-16-7-2-4-10(15)8(6-7)9-3-5-11(12)14-13-9/h2-6,15H,1H3. The Hall–Kier alpha value is -1.81. The van der Waals surface area contributed by atoms with Gasteiger partial charge in [0.15, 0.2) is 5.15 Å². The first-order valence-electron chi connectivity index (χ1n) is 4.57. The molecule has 4 nitrogen and oxygen atoms in total. The van der Waals surface area contributed by atoms with Gasteiger partial charge in [-0.2, -0.15) is 0 Å². The predicted molar refractivity (Wildman–Crippen MR) is 60.7 cm³/mol. The van der Waals surface area contributed by atoms with Crippen molar-refractivity contribution in [1.82, 2.24) is 10.2 Å². The highest BCUT2D eigenvalue weighted by Crippen LogP contribution is 2.31. The number of phenolic OH excluding ortho intramolecular Hbond substituents is 1. The number of phenols is 1. The number of aromatic nitrogens is 2. The zero-order valence-electron chi connectivity index (χ0n) is 8.51. The van der Waals surface area contributed by atoms with Crippen LogP contribution in [0.2, 0.25) is 5.15 Å². The molecule has 1 aromatic carbocycles. The van der Waals surface area contributed by atoms with E-state index in [0.717, 1.165) is 0 Å². The van der Waals surface area contributed by atoms with Crippen LogP contribution in [0.15, 0.2) is 30.3 Å². The number of aromatic hydroxyl groups is 1. The first-order chi connectivity index (χ1) is 7.70. The third-order valence-corrected chi connectivity index (χ3v) is 2.31. The Kier molecular flexibility index (Phi) is 2.92. The fourth-order valence-electron chi connectivity index (χ4n) is 1.31. The fourth-order valence-corrected chi connectivity index (χ4v) is 1.41. The van der Waals surface area contributed by atoms with Gasteiger partial charge in [-0.15, -0.1) is 10.2 Å². The van der Waals surface area contributed by atoms with Crippen LogP contribution in [0.25, 0.3) is 11.3 Å². The Balaban J connectivity index is 2.50. The van der Waals surface area contributed by atoms with Crippen LogP contribution < -0.4 is 4.74 Å². The second-order valence-electron chi connectivity index (χ2n) is 3.12. The topological polar surface area (TPSA) is 55.2 Å². The van der Waals surface area contributed by atoms with Crippen LogP contribution in [0, 0.1) is 0 Å². The van der Waals surface area contributed by atoms with Crippen LogP contribution in [0.1, 0.15) is 0 Å². The van der Waals surface area contributed by atoms with Gasteiger partial charge < -0.3 is 9.84 Å². The molecule has 0 amide bonds. The molecule has 0 bridgehead atoms. The van der Waals surface area contributed by atoms with Crippen molar-refractivity contribution in [2.45, 2.75) is 0 Å². The molecule has 0 radical (unpaired) electrons. The number of hydrogen-bond donors (Lipinski definition) is 1. The Labute approximate surface area is 97.5 Å². The van der Waals surface area contributed by atoms with Crippen LogP contribution in [-0.2, 0) is 0 Å². The summed E-state index contributed by atoms with van der Waals surface area (Å²) in [7, 11) is 1.56. The van der Waals surface area contributed by atoms with E-state index in [2.05, 4.69) is 10.2 Å². The fraction of sp³-hybridized carbons (Fsp3) is 0.0909. The molecule has 0 aliphatic carbocycles. The summed E-state index contributed by atoms with van der Waals surface area (Å²) in [6.07, 6.45) is 0. The summed E-state index contributed by atoms with van der Waals surface area (Å²) in [5, 5.41) is 17.6. The minimum Gasteiger partial charge on any atom is -0.507 e. The van der Waals surface area contributed by atoms with Gasteiger partial charge in [0.1, 0.15) is 11.5 Å². The summed E-state index contributed by atoms with van der Waals surface area (Å²) in [6.45, 7) is 0. The number of hydrogen-bond acceptors (Lipinski definition) is 4. The van der Waals surface area contributed by atoms with Crippen LogP contribution in [0.5, 0.6) is 11.5 Å². The zero-order chi connectivity index (χ0) is 11.5. The monoisotopic (exact) mass is 236 g/mol. The third-order valence-electron chi connectivity index (χ3n) is 2.11. The summed E-state index contributed by atoms with van der Waals surface area (Å²) >= 11 is 5.64. The summed E-state index contributed by atoms with van der Waals surface area (Å²) in [6, 6.07) is 8.20. The Bertz CT molecular complexity index is 500. The van der Waals surface area contributed by atoms with E-state index in [1.54, 1.807) is 37.4 Å². The molecular formula is C11H9ClN2O2. The normalized spacial score (nSPS) is 10.1. The number of nitrogens with zero attached hydrogens (tertiary/aromatic N) is 2. The van der Waals surface area contributed by atoms with E-state index in [1.165, 1.54) is 0 Å². The SMILES string of the molecule is COc1ccc(O)c(-c2ccc(Cl)nn2)c1. The molecule has 82 valence electrons. The summed E-state index contributed by atoms with van der Waals surface area (Å²) in [4.78, 5) is 0. The molecule has 0 unspecified atom stereocenters. The van der Waals surface area contributed by atoms with Gasteiger partial charge in [0.25, 0.3) is 0 Å². The first-order valence-corrected chi connectivity index (χ1v) is 4.95. The molecule has 1 heterocycles. The highest BCUT2D eigenvalue weighted by molar-refractivity contribution is 6.29. The number of benzene rings is 1. The number of methoxy groups -OCH3 is 1. The van der Waals surface area contributed by atoms with Gasteiger partial charge in [0.2, 0.25) is 0 Å². The highest BCUT2D eigenvalue weighted by atomic mass is 35.5. The molecular weight excluding hydrogens is 228 g/mol. The van der Waals surface area contributed by atoms with Crippen LogP contribution in [-0.4, -0.2) is 22.4 Å². The average molecular weight is 237 g/mol. The molecule has 0 aliphatic rings. The van der Waals surface area contributed by atoms with Crippen molar-refractivity contribution in [1.29, 1.82) is 0 Å². The largest absolute Gasteiger partial charge is 0.507 e. The van der Waals surface area contributed by atoms with Gasteiger partial charge in [0, 0.05) is 5.56 Å². The average Bonchev–Trinajstić information content (AvgIpc) is 2.31. The second kappa shape index (κ2) is 4.37. The van der Waals surface area contributed by atoms with E-state index < -0.39 is 0 Å². The molecule has 1 N–H and O–H groups in total. The summed E-state index contributed by atoms with van der Waals surface area (Å²) in [5.74, 6) is 0.766. The van der Waals surface area contributed by atoms with E-state index >= 15 is 0 Å². The van der Waals surface area contributed by atoms with Gasteiger partial charge in [0.05, 0.1) is 12.8 Å². The van der Waals surface area contributed by atoms with Crippen LogP contribution in [0.4, 0.5) is 0 Å². The quantitative estimate of drug-likeness (QED) is 0.871. The second-order valence-corrected chi connectivity index (χ2v) is 3.51. The van der Waals surface area contributed by atoms with E-state index in [-0.39, 0.29) is 5.75 Å². The van der Waals surface area contributed by atoms with Gasteiger partial charge in [-0.05, 0) is 30.3 Å². The lowest BCUT2D eigenvalue weighted by Gasteiger charge is -2.05. The van der Waals surface area contributed by atoms with Crippen molar-refractivity contribution in [3.8, 4) is 22.8 Å². The maximum atomic E-state index is 9.70. The maximum Gasteiger partial charge on any atom is 0.151 e. The molecule has 0 saturated carbocycles. The van der Waals surface area contributed by atoms with Crippen molar-refractivity contribution in [2.24, 2.45) is 0 Å². The number of halogens is 1. The van der Waals surface area contributed by atoms with Crippen molar-refractivity contribution in [3.05, 3.63) is 35.5 Å². The summed E-state index contributed by atoms with van der Waals surface area (Å²) < 4.78 is 5.07. The van der Waals surface area contributed by atoms with Gasteiger partial charge in [-0.1, -0.05) is 11.6 Å². The summed E-state index contributed by atoms with van der Waals surface area (Å²) in [5.41, 5.74) is 1.10. The highest BCUT2D eigenvalue weighted by Gasteiger charge is 2.07. The number of ether oxygens (including phenoxy) is 1. The minimum absolute atomic E-state index is 0.123. The zero-order valence-corrected chi connectivity index (χ0v) is 9.27. The van der Waals surface area contributed by atoms with E-state index in [4.69, 9.17) is 16.3 Å². The Morgan fingerprint density at radius 2 is 2.00 bits per heavy atom. The molecule has 0 saturated heterocycles. The molecule has 0 fully saturated rings. The van der Waals surface area contributed by atoms with Gasteiger partial charge in [-0.3, -0.25) is 0 Å². The smallest absolute Gasteiger partial charge is 0.151 e. The predicted octanol–water partition coefficient (Wildman–Crippen LogP) is 2.51. The third kappa shape index (κ3) is 2.06. The van der Waals surface area contributed by atoms with Crippen molar-refractivity contribution in [2.75, 3.05) is 7.11 Å². The molecule has 0 atom stereocenters. The lowest BCUT2D eigenvalue weighted by molar-refractivity contribution is 0.412. The molecule has 5 heteroatoms. The minimum atomic E-state index is 0.123. The lowest BCUT2D eigenvalue weighted by atomic mass is 10.1. The van der Waals surface area contributed by atoms with E-state index in [9.17, 15) is 5.11 Å². The molecule has 2 aromatic rings. The molecule has 0 spiro atoms. The Morgan fingerprint density at radius 1 is 1.19 bits per heavy atom. The van der Waals surface area contributed by atoms with Gasteiger partial charge >= 0.3 is 0 Å². The van der Waals surface area contributed by atoms with Crippen LogP contribution >= 0.6 is 11.6 Å². The van der Waals surface area contributed by atoms with Crippen molar-refractivity contribution in [3.63, 3.8) is 0 Å². The van der Waals surface area contributed by atoms with E-state index in [0.29, 0.717) is 22.2 Å². The molecule has 16 heavy (non-hydrogen) atoms. The molecule has 1 aromatic heterocycles.